The fraction of sp³-hybridized carbons (Fsp3) is 0.714. The summed E-state index contributed by atoms with van der Waals surface area (Å²) in [6, 6.07) is 1.85. The summed E-state index contributed by atoms with van der Waals surface area (Å²) in [4.78, 5) is 0.378. The first-order valence-electron chi connectivity index (χ1n) is 7.37. The van der Waals surface area contributed by atoms with Crippen molar-refractivity contribution >= 4 is 10.0 Å². The standard InChI is InChI=1S/C14H25N3O2S/c1-3-6-12-7-4-5-8-17(12)20(18,19)14-9-13(10-15)16(2)11-14/h9,11-12H,3-8,10,15H2,1-2H3. The van der Waals surface area contributed by atoms with Crippen LogP contribution >= 0.6 is 0 Å². The van der Waals surface area contributed by atoms with E-state index in [2.05, 4.69) is 6.92 Å². The molecule has 20 heavy (non-hydrogen) atoms. The molecule has 1 saturated heterocycles. The molecule has 1 aliphatic rings. The average Bonchev–Trinajstić information content (AvgIpc) is 2.81. The third kappa shape index (κ3) is 2.92. The van der Waals surface area contributed by atoms with Gasteiger partial charge >= 0.3 is 0 Å². The first-order chi connectivity index (χ1) is 9.50. The zero-order valence-corrected chi connectivity index (χ0v) is 13.2. The molecule has 0 bridgehead atoms. The van der Waals surface area contributed by atoms with Crippen molar-refractivity contribution in [3.8, 4) is 0 Å². The summed E-state index contributed by atoms with van der Waals surface area (Å²) in [5.41, 5.74) is 6.47. The van der Waals surface area contributed by atoms with E-state index < -0.39 is 10.0 Å². The molecule has 0 spiro atoms. The summed E-state index contributed by atoms with van der Waals surface area (Å²) in [5, 5.41) is 0. The summed E-state index contributed by atoms with van der Waals surface area (Å²) in [6.07, 6.45) is 6.68. The Morgan fingerprint density at radius 3 is 2.75 bits per heavy atom. The summed E-state index contributed by atoms with van der Waals surface area (Å²) in [5.74, 6) is 0. The lowest BCUT2D eigenvalue weighted by atomic mass is 10.0. The molecule has 0 saturated carbocycles. The minimum absolute atomic E-state index is 0.153. The smallest absolute Gasteiger partial charge is 0.244 e. The van der Waals surface area contributed by atoms with Crippen LogP contribution in [-0.2, 0) is 23.6 Å². The van der Waals surface area contributed by atoms with Crippen LogP contribution in [0.2, 0.25) is 0 Å². The lowest BCUT2D eigenvalue weighted by Crippen LogP contribution is -2.43. The molecule has 114 valence electrons. The van der Waals surface area contributed by atoms with Crippen molar-refractivity contribution in [2.75, 3.05) is 6.54 Å². The minimum atomic E-state index is -3.39. The van der Waals surface area contributed by atoms with Crippen LogP contribution in [0, 0.1) is 0 Å². The molecule has 0 radical (unpaired) electrons. The molecule has 1 unspecified atom stereocenters. The lowest BCUT2D eigenvalue weighted by Gasteiger charge is -2.34. The predicted molar refractivity (Wildman–Crippen MR) is 79.7 cm³/mol. The van der Waals surface area contributed by atoms with Gasteiger partial charge in [-0.25, -0.2) is 8.42 Å². The van der Waals surface area contributed by atoms with E-state index in [9.17, 15) is 8.42 Å². The molecule has 2 heterocycles. The molecule has 6 heteroatoms. The van der Waals surface area contributed by atoms with E-state index in [0.29, 0.717) is 18.0 Å². The molecule has 1 aromatic heterocycles. The summed E-state index contributed by atoms with van der Waals surface area (Å²) in [6.45, 7) is 3.10. The Labute approximate surface area is 121 Å². The van der Waals surface area contributed by atoms with Crippen molar-refractivity contribution in [3.05, 3.63) is 18.0 Å². The van der Waals surface area contributed by atoms with Gasteiger partial charge in [0.05, 0.1) is 0 Å². The first-order valence-corrected chi connectivity index (χ1v) is 8.81. The number of hydrogen-bond donors (Lipinski definition) is 1. The Hall–Kier alpha value is -0.850. The highest BCUT2D eigenvalue weighted by atomic mass is 32.2. The molecule has 1 aromatic rings. The van der Waals surface area contributed by atoms with Crippen LogP contribution in [0.5, 0.6) is 0 Å². The van der Waals surface area contributed by atoms with Gasteiger partial charge in [-0.2, -0.15) is 4.31 Å². The van der Waals surface area contributed by atoms with Crippen LogP contribution in [0.25, 0.3) is 0 Å². The van der Waals surface area contributed by atoms with Crippen molar-refractivity contribution in [1.29, 1.82) is 0 Å². The molecule has 0 amide bonds. The Kier molecular flexibility index (Phi) is 4.88. The van der Waals surface area contributed by atoms with Crippen LogP contribution in [0.4, 0.5) is 0 Å². The molecule has 0 aromatic carbocycles. The Morgan fingerprint density at radius 1 is 1.40 bits per heavy atom. The molecule has 0 aliphatic carbocycles. The van der Waals surface area contributed by atoms with E-state index in [1.807, 2.05) is 7.05 Å². The van der Waals surface area contributed by atoms with Gasteiger partial charge in [0.1, 0.15) is 4.90 Å². The topological polar surface area (TPSA) is 68.3 Å². The molecule has 2 rings (SSSR count). The molecule has 1 fully saturated rings. The highest BCUT2D eigenvalue weighted by molar-refractivity contribution is 7.89. The second-order valence-corrected chi connectivity index (χ2v) is 7.43. The van der Waals surface area contributed by atoms with Gasteiger partial charge in [0.25, 0.3) is 0 Å². The first kappa shape index (κ1) is 15.5. The normalized spacial score (nSPS) is 21.2. The third-order valence-corrected chi connectivity index (χ3v) is 6.01. The minimum Gasteiger partial charge on any atom is -0.352 e. The number of piperidine rings is 1. The maximum atomic E-state index is 12.8. The van der Waals surface area contributed by atoms with Crippen LogP contribution < -0.4 is 5.73 Å². The molecule has 5 nitrogen and oxygen atoms in total. The maximum absolute atomic E-state index is 12.8. The number of aromatic nitrogens is 1. The van der Waals surface area contributed by atoms with Gasteiger partial charge in [0, 0.05) is 38.1 Å². The van der Waals surface area contributed by atoms with Gasteiger partial charge in [0.2, 0.25) is 10.0 Å². The maximum Gasteiger partial charge on any atom is 0.244 e. The molecular weight excluding hydrogens is 274 g/mol. The summed E-state index contributed by atoms with van der Waals surface area (Å²) >= 11 is 0. The second-order valence-electron chi connectivity index (χ2n) is 5.54. The van der Waals surface area contributed by atoms with Crippen LogP contribution in [0.15, 0.2) is 17.2 Å². The van der Waals surface area contributed by atoms with Gasteiger partial charge < -0.3 is 10.3 Å². The van der Waals surface area contributed by atoms with Gasteiger partial charge in [-0.1, -0.05) is 19.8 Å². The van der Waals surface area contributed by atoms with Crippen molar-refractivity contribution in [1.82, 2.24) is 8.87 Å². The molecule has 1 atom stereocenters. The van der Waals surface area contributed by atoms with Crippen molar-refractivity contribution in [3.63, 3.8) is 0 Å². The van der Waals surface area contributed by atoms with E-state index in [4.69, 9.17) is 5.73 Å². The Bertz CT molecular complexity index is 549. The van der Waals surface area contributed by atoms with Crippen LogP contribution in [-0.4, -0.2) is 29.9 Å². The zero-order chi connectivity index (χ0) is 14.8. The van der Waals surface area contributed by atoms with Gasteiger partial charge in [-0.3, -0.25) is 0 Å². The Morgan fingerprint density at radius 2 is 2.15 bits per heavy atom. The summed E-state index contributed by atoms with van der Waals surface area (Å²) in [7, 11) is -1.55. The number of aryl methyl sites for hydroxylation is 1. The van der Waals surface area contributed by atoms with Gasteiger partial charge in [-0.15, -0.1) is 0 Å². The zero-order valence-electron chi connectivity index (χ0n) is 12.4. The van der Waals surface area contributed by atoms with Crippen LogP contribution in [0.3, 0.4) is 0 Å². The predicted octanol–water partition coefficient (Wildman–Crippen LogP) is 1.83. The largest absolute Gasteiger partial charge is 0.352 e. The number of sulfonamides is 1. The van der Waals surface area contributed by atoms with Crippen LogP contribution in [0.1, 0.15) is 44.7 Å². The fourth-order valence-corrected chi connectivity index (χ4v) is 4.79. The molecule has 1 aliphatic heterocycles. The lowest BCUT2D eigenvalue weighted by molar-refractivity contribution is 0.239. The van der Waals surface area contributed by atoms with E-state index >= 15 is 0 Å². The van der Waals surface area contributed by atoms with E-state index in [1.165, 1.54) is 0 Å². The van der Waals surface area contributed by atoms with E-state index in [-0.39, 0.29) is 6.04 Å². The Balaban J connectivity index is 2.31. The van der Waals surface area contributed by atoms with E-state index in [0.717, 1.165) is 37.8 Å². The van der Waals surface area contributed by atoms with Crippen molar-refractivity contribution in [2.45, 2.75) is 56.5 Å². The summed E-state index contributed by atoms with van der Waals surface area (Å²) < 4.78 is 29.2. The SMILES string of the molecule is CCCC1CCCCN1S(=O)(=O)c1cc(CN)n(C)c1. The van der Waals surface area contributed by atoms with Crippen molar-refractivity contribution < 1.29 is 8.42 Å². The van der Waals surface area contributed by atoms with Crippen molar-refractivity contribution in [2.24, 2.45) is 12.8 Å². The molecule has 2 N–H and O–H groups in total. The third-order valence-electron chi connectivity index (χ3n) is 4.09. The number of rotatable bonds is 5. The van der Waals surface area contributed by atoms with Gasteiger partial charge in [-0.05, 0) is 25.3 Å². The number of nitrogens with zero attached hydrogens (tertiary/aromatic N) is 2. The number of nitrogens with two attached hydrogens (primary N) is 1. The highest BCUT2D eigenvalue weighted by Gasteiger charge is 2.33. The second kappa shape index (κ2) is 6.28. The van der Waals surface area contributed by atoms with Gasteiger partial charge in [0.15, 0.2) is 0 Å². The highest BCUT2D eigenvalue weighted by Crippen LogP contribution is 2.28. The average molecular weight is 299 g/mol. The monoisotopic (exact) mass is 299 g/mol. The molecular formula is C14H25N3O2S. The fourth-order valence-electron chi connectivity index (χ4n) is 2.97. The number of hydrogen-bond acceptors (Lipinski definition) is 3. The van der Waals surface area contributed by atoms with E-state index in [1.54, 1.807) is 21.1 Å². The quantitative estimate of drug-likeness (QED) is 0.902.